The van der Waals surface area contributed by atoms with Crippen molar-refractivity contribution in [2.45, 2.75) is 25.4 Å². The Morgan fingerprint density at radius 1 is 1.13 bits per heavy atom. The smallest absolute Gasteiger partial charge is 0.291 e. The standard InChI is InChI=1S/C23H21NO6S/c1-2-29-16-7-5-6-14(12-16)20-19-21(25)17-8-3-4-9-18(17)30-22(19)23(26)24(20)15-10-11-31(27,28)13-15/h3-9,12,15,20H,2,10-11,13H2,1H3/t15-,20+/m1/s1. The van der Waals surface area contributed by atoms with E-state index in [1.54, 1.807) is 42.5 Å². The van der Waals surface area contributed by atoms with Crippen LogP contribution in [0.2, 0.25) is 0 Å². The van der Waals surface area contributed by atoms with Crippen LogP contribution in [-0.2, 0) is 9.84 Å². The number of amides is 1. The van der Waals surface area contributed by atoms with Crippen molar-refractivity contribution in [1.82, 2.24) is 4.90 Å². The zero-order valence-electron chi connectivity index (χ0n) is 16.9. The fraction of sp³-hybridized carbons (Fsp3) is 0.304. The molecule has 0 unspecified atom stereocenters. The molecule has 31 heavy (non-hydrogen) atoms. The van der Waals surface area contributed by atoms with Gasteiger partial charge in [-0.25, -0.2) is 8.42 Å². The van der Waals surface area contributed by atoms with Crippen molar-refractivity contribution in [2.24, 2.45) is 0 Å². The van der Waals surface area contributed by atoms with E-state index in [0.717, 1.165) is 0 Å². The van der Waals surface area contributed by atoms with Gasteiger partial charge in [-0.1, -0.05) is 24.3 Å². The van der Waals surface area contributed by atoms with Crippen molar-refractivity contribution in [2.75, 3.05) is 18.1 Å². The van der Waals surface area contributed by atoms with E-state index in [0.29, 0.717) is 35.3 Å². The maximum atomic E-state index is 13.5. The molecule has 3 aromatic rings. The zero-order chi connectivity index (χ0) is 21.8. The number of carbonyl (C=O) groups excluding carboxylic acids is 1. The molecule has 1 amide bonds. The lowest BCUT2D eigenvalue weighted by Crippen LogP contribution is -2.40. The lowest BCUT2D eigenvalue weighted by atomic mass is 9.97. The van der Waals surface area contributed by atoms with E-state index in [1.165, 1.54) is 4.90 Å². The highest BCUT2D eigenvalue weighted by Gasteiger charge is 2.48. The van der Waals surface area contributed by atoms with Gasteiger partial charge in [0.25, 0.3) is 5.91 Å². The third-order valence-electron chi connectivity index (χ3n) is 5.90. The molecule has 2 aromatic carbocycles. The summed E-state index contributed by atoms with van der Waals surface area (Å²) >= 11 is 0. The van der Waals surface area contributed by atoms with Gasteiger partial charge in [-0.2, -0.15) is 0 Å². The Kier molecular flexibility index (Phi) is 4.62. The van der Waals surface area contributed by atoms with Crippen LogP contribution in [-0.4, -0.2) is 43.4 Å². The van der Waals surface area contributed by atoms with Crippen molar-refractivity contribution in [3.05, 3.63) is 75.6 Å². The number of nitrogens with zero attached hydrogens (tertiary/aromatic N) is 1. The van der Waals surface area contributed by atoms with Crippen LogP contribution in [0.15, 0.2) is 57.7 Å². The van der Waals surface area contributed by atoms with Gasteiger partial charge in [-0.15, -0.1) is 0 Å². The number of ether oxygens (including phenoxy) is 1. The Balaban J connectivity index is 1.74. The minimum Gasteiger partial charge on any atom is -0.494 e. The maximum absolute atomic E-state index is 13.5. The molecule has 1 aromatic heterocycles. The van der Waals surface area contributed by atoms with E-state index >= 15 is 0 Å². The quantitative estimate of drug-likeness (QED) is 0.621. The summed E-state index contributed by atoms with van der Waals surface area (Å²) in [5, 5.41) is 0.390. The number of rotatable bonds is 4. The minimum atomic E-state index is -3.24. The average Bonchev–Trinajstić information content (AvgIpc) is 3.25. The SMILES string of the molecule is CCOc1cccc([C@H]2c3c(oc4ccccc4c3=O)C(=O)N2[C@@H]2CCS(=O)(=O)C2)c1. The summed E-state index contributed by atoms with van der Waals surface area (Å²) in [5.74, 6) is 0.0474. The second-order valence-electron chi connectivity index (χ2n) is 7.85. The molecule has 1 saturated heterocycles. The molecule has 2 atom stereocenters. The topological polar surface area (TPSA) is 93.9 Å². The third kappa shape index (κ3) is 3.22. The highest BCUT2D eigenvalue weighted by Crippen LogP contribution is 2.42. The fourth-order valence-electron chi connectivity index (χ4n) is 4.58. The van der Waals surface area contributed by atoms with Crippen LogP contribution < -0.4 is 10.2 Å². The molecule has 0 N–H and O–H groups in total. The number of carbonyl (C=O) groups is 1. The highest BCUT2D eigenvalue weighted by molar-refractivity contribution is 7.91. The molecule has 5 rings (SSSR count). The normalized spacial score (nSPS) is 22.1. The van der Waals surface area contributed by atoms with Crippen LogP contribution in [0.5, 0.6) is 5.75 Å². The largest absolute Gasteiger partial charge is 0.494 e. The van der Waals surface area contributed by atoms with Crippen molar-refractivity contribution in [3.63, 3.8) is 0 Å². The lowest BCUT2D eigenvalue weighted by Gasteiger charge is -2.30. The van der Waals surface area contributed by atoms with Crippen LogP contribution in [0.4, 0.5) is 0 Å². The van der Waals surface area contributed by atoms with Gasteiger partial charge < -0.3 is 14.1 Å². The first-order chi connectivity index (χ1) is 14.9. The van der Waals surface area contributed by atoms with Crippen molar-refractivity contribution >= 4 is 26.7 Å². The molecule has 1 fully saturated rings. The Labute approximate surface area is 179 Å². The fourth-order valence-corrected chi connectivity index (χ4v) is 6.29. The monoisotopic (exact) mass is 439 g/mol. The Morgan fingerprint density at radius 3 is 2.68 bits per heavy atom. The van der Waals surface area contributed by atoms with Crippen LogP contribution in [0.25, 0.3) is 11.0 Å². The lowest BCUT2D eigenvalue weighted by molar-refractivity contribution is 0.0662. The highest BCUT2D eigenvalue weighted by atomic mass is 32.2. The molecule has 2 aliphatic heterocycles. The van der Waals surface area contributed by atoms with Gasteiger partial charge in [0.2, 0.25) is 5.76 Å². The van der Waals surface area contributed by atoms with E-state index in [2.05, 4.69) is 0 Å². The first kappa shape index (κ1) is 19.8. The molecule has 0 radical (unpaired) electrons. The van der Waals surface area contributed by atoms with Gasteiger partial charge in [-0.05, 0) is 43.2 Å². The van der Waals surface area contributed by atoms with E-state index < -0.39 is 27.8 Å². The van der Waals surface area contributed by atoms with Crippen LogP contribution in [0.1, 0.15) is 41.1 Å². The molecule has 2 aliphatic rings. The summed E-state index contributed by atoms with van der Waals surface area (Å²) in [5.41, 5.74) is 0.995. The number of benzene rings is 2. The summed E-state index contributed by atoms with van der Waals surface area (Å²) in [6, 6.07) is 12.8. The van der Waals surface area contributed by atoms with E-state index in [9.17, 15) is 18.0 Å². The number of para-hydroxylation sites is 1. The van der Waals surface area contributed by atoms with Crippen molar-refractivity contribution in [3.8, 4) is 5.75 Å². The summed E-state index contributed by atoms with van der Waals surface area (Å²) in [7, 11) is -3.24. The molecular formula is C23H21NO6S. The Morgan fingerprint density at radius 2 is 1.94 bits per heavy atom. The van der Waals surface area contributed by atoms with Gasteiger partial charge in [0.05, 0.1) is 35.1 Å². The molecule has 8 heteroatoms. The first-order valence-corrected chi connectivity index (χ1v) is 12.0. The predicted octanol–water partition coefficient (Wildman–Crippen LogP) is 2.92. The van der Waals surface area contributed by atoms with Crippen LogP contribution >= 0.6 is 0 Å². The summed E-state index contributed by atoms with van der Waals surface area (Å²) in [6.07, 6.45) is 0.331. The zero-order valence-corrected chi connectivity index (χ0v) is 17.7. The molecule has 0 spiro atoms. The van der Waals surface area contributed by atoms with Gasteiger partial charge in [0.15, 0.2) is 15.3 Å². The molecule has 160 valence electrons. The number of hydrogen-bond donors (Lipinski definition) is 0. The maximum Gasteiger partial charge on any atom is 0.291 e. The Hall–Kier alpha value is -3.13. The molecule has 7 nitrogen and oxygen atoms in total. The molecule has 0 saturated carbocycles. The third-order valence-corrected chi connectivity index (χ3v) is 7.65. The molecule has 3 heterocycles. The van der Waals surface area contributed by atoms with Crippen LogP contribution in [0.3, 0.4) is 0 Å². The van der Waals surface area contributed by atoms with Crippen molar-refractivity contribution in [1.29, 1.82) is 0 Å². The van der Waals surface area contributed by atoms with Gasteiger partial charge >= 0.3 is 0 Å². The van der Waals surface area contributed by atoms with E-state index in [-0.39, 0.29) is 28.3 Å². The number of sulfone groups is 1. The molecular weight excluding hydrogens is 418 g/mol. The second-order valence-corrected chi connectivity index (χ2v) is 10.1. The molecule has 0 aliphatic carbocycles. The van der Waals surface area contributed by atoms with E-state index in [4.69, 9.17) is 9.15 Å². The minimum absolute atomic E-state index is 0.0141. The second kappa shape index (κ2) is 7.23. The number of fused-ring (bicyclic) bond motifs is 2. The van der Waals surface area contributed by atoms with Gasteiger partial charge in [0, 0.05) is 6.04 Å². The summed E-state index contributed by atoms with van der Waals surface area (Å²) < 4.78 is 35.9. The summed E-state index contributed by atoms with van der Waals surface area (Å²) in [6.45, 7) is 2.35. The van der Waals surface area contributed by atoms with Gasteiger partial charge in [0.1, 0.15) is 11.3 Å². The van der Waals surface area contributed by atoms with Crippen LogP contribution in [0, 0.1) is 0 Å². The predicted molar refractivity (Wildman–Crippen MR) is 115 cm³/mol. The first-order valence-electron chi connectivity index (χ1n) is 10.2. The Bertz CT molecular complexity index is 1360. The molecule has 0 bridgehead atoms. The average molecular weight is 439 g/mol. The van der Waals surface area contributed by atoms with E-state index in [1.807, 2.05) is 13.0 Å². The summed E-state index contributed by atoms with van der Waals surface area (Å²) in [4.78, 5) is 28.4. The van der Waals surface area contributed by atoms with Gasteiger partial charge in [-0.3, -0.25) is 9.59 Å². The van der Waals surface area contributed by atoms with Crippen molar-refractivity contribution < 1.29 is 22.4 Å². The number of hydrogen-bond acceptors (Lipinski definition) is 6.